The minimum Gasteiger partial charge on any atom is -0.481 e. The van der Waals surface area contributed by atoms with Crippen molar-refractivity contribution in [3.63, 3.8) is 0 Å². The predicted molar refractivity (Wildman–Crippen MR) is 276 cm³/mol. The molecule has 2 amide bonds. The summed E-state index contributed by atoms with van der Waals surface area (Å²) in [6.45, 7) is 22.5. The topological polar surface area (TPSA) is 329 Å². The van der Waals surface area contributed by atoms with Gasteiger partial charge in [-0.2, -0.15) is 0 Å². The molecule has 2 heterocycles. The molecule has 8 atom stereocenters. The van der Waals surface area contributed by atoms with Gasteiger partial charge >= 0.3 is 62.2 Å². The molecule has 28 heteroatoms. The Labute approximate surface area is 477 Å². The number of nitrogens with two attached hydrogens (primary N) is 1. The normalized spacial score (nSPS) is 23.0. The van der Waals surface area contributed by atoms with Crippen molar-refractivity contribution in [3.05, 3.63) is 7.40 Å². The van der Waals surface area contributed by atoms with E-state index in [1.807, 2.05) is 62.3 Å². The fraction of sp³-hybridized carbons (Fsp3) is 0.812. The monoisotopic (exact) mass is 1370 g/mol. The van der Waals surface area contributed by atoms with E-state index in [1.54, 1.807) is 0 Å². The summed E-state index contributed by atoms with van der Waals surface area (Å²) in [5, 5.41) is 25.4. The maximum Gasteiger partial charge on any atom is 0.500 e. The number of aliphatic carboxylic acids is 2. The average Bonchev–Trinajstić information content (AvgIpc) is 3.83. The summed E-state index contributed by atoms with van der Waals surface area (Å²) in [5.41, 5.74) is 5.48. The van der Waals surface area contributed by atoms with Crippen molar-refractivity contribution in [2.75, 3.05) is 79.1 Å². The number of nitrogens with one attached hydrogen (secondary N) is 2. The molecule has 0 spiro atoms. The van der Waals surface area contributed by atoms with Crippen molar-refractivity contribution in [1.29, 1.82) is 0 Å². The van der Waals surface area contributed by atoms with E-state index in [2.05, 4.69) is 27.5 Å². The van der Waals surface area contributed by atoms with Crippen LogP contribution in [0.4, 0.5) is 0 Å². The number of amides is 2. The maximum absolute atomic E-state index is 13.1. The van der Waals surface area contributed by atoms with Gasteiger partial charge in [0.1, 0.15) is 0 Å². The Kier molecular flexibility index (Phi) is 35.9. The van der Waals surface area contributed by atoms with Crippen molar-refractivity contribution >= 4 is 74.0 Å². The molecule has 4 rings (SSSR count). The molecule has 0 aromatic rings. The molecule has 2 saturated heterocycles. The summed E-state index contributed by atoms with van der Waals surface area (Å²) >= 11 is 0. The number of carbonyl (C=O) groups excluding carboxylic acids is 6. The summed E-state index contributed by atoms with van der Waals surface area (Å²) in [7, 11) is -5.72. The Balaban J connectivity index is 0.00000140. The summed E-state index contributed by atoms with van der Waals surface area (Å²) in [6, 6.07) is 1.73. The molecular formula is C48H88N3O21Si3U-. The summed E-state index contributed by atoms with van der Waals surface area (Å²) in [5.74, 6) is -12.8. The van der Waals surface area contributed by atoms with Crippen molar-refractivity contribution in [1.82, 2.24) is 10.6 Å². The molecule has 0 aromatic heterocycles. The molecule has 6 N–H and O–H groups in total. The standard InChI is InChI=1S/C28H54N2O12Si2.C10H8O6.C9H23NO3Si.CH3.U/c1-7-37-43(38-8-2,39-9-3)17-13-15-29-25(31)21-19-24(28(35)36)22(20-23(21)27(33)34)26(32)30-16-14-18-44(40-10-4,41-11-5)42-12-6;11-7-3-1-4-6(10(14)16-8(4)12)2-5(3)9(13)15-7;1-4-11-14(12-5-2,13-6-3)9-7-8-10;;/h21-24H,7-20H2,1-6H3,(H,29,31)(H,30,32)(H,33,34)(H,35,36);3-6H,1-2H2;4-10H2,1-3H3;1H3;/q;;;-1;/i;;;1T;. The van der Waals surface area contributed by atoms with Crippen molar-refractivity contribution < 1.29 is 130 Å². The Morgan fingerprint density at radius 1 is 0.487 bits per heavy atom. The second-order valence-electron chi connectivity index (χ2n) is 17.6. The predicted octanol–water partition coefficient (Wildman–Crippen LogP) is 3.77. The fourth-order valence-corrected chi connectivity index (χ4v) is 17.6. The summed E-state index contributed by atoms with van der Waals surface area (Å²) in [6.07, 6.45) is 1.68. The molecule has 0 bridgehead atoms. The quantitative estimate of drug-likeness (QED) is 0.0205. The van der Waals surface area contributed by atoms with E-state index >= 15 is 0 Å². The van der Waals surface area contributed by atoms with Crippen LogP contribution >= 0.6 is 0 Å². The van der Waals surface area contributed by atoms with Crippen LogP contribution in [0.1, 0.15) is 109 Å². The number of hydrogen-bond donors (Lipinski definition) is 5. The molecular weight excluding hydrogens is 1280 g/mol. The molecule has 24 nitrogen and oxygen atoms in total. The number of hydrogen-bond acceptors (Lipinski definition) is 20. The van der Waals surface area contributed by atoms with Gasteiger partial charge in [-0.25, -0.2) is 1.37 Å². The van der Waals surface area contributed by atoms with Crippen molar-refractivity contribution in [2.24, 2.45) is 53.1 Å². The van der Waals surface area contributed by atoms with Gasteiger partial charge in [-0.3, -0.25) is 38.4 Å². The van der Waals surface area contributed by atoms with Gasteiger partial charge in [0.25, 0.3) is 0 Å². The molecule has 0 radical (unpaired) electrons. The van der Waals surface area contributed by atoms with Crippen LogP contribution in [0.3, 0.4) is 0 Å². The first-order chi connectivity index (χ1) is 36.3. The molecule has 2 aliphatic heterocycles. The van der Waals surface area contributed by atoms with E-state index in [0.717, 1.165) is 12.5 Å². The number of rotatable bonds is 33. The minimum absolute atomic E-state index is 0. The number of esters is 4. The molecule has 2 aliphatic carbocycles. The Morgan fingerprint density at radius 3 is 0.934 bits per heavy atom. The van der Waals surface area contributed by atoms with Gasteiger partial charge in [0.05, 0.1) is 47.3 Å². The zero-order valence-electron chi connectivity index (χ0n) is 47.1. The van der Waals surface area contributed by atoms with Gasteiger partial charge in [0, 0.05) is 122 Å². The molecule has 4 aliphatic rings. The van der Waals surface area contributed by atoms with Crippen LogP contribution in [0.5, 0.6) is 0 Å². The summed E-state index contributed by atoms with van der Waals surface area (Å²) < 4.78 is 66.4. The van der Waals surface area contributed by atoms with Gasteiger partial charge in [-0.15, -0.1) is 0 Å². The minimum atomic E-state index is -2.91. The third-order valence-corrected chi connectivity index (χ3v) is 22.2. The van der Waals surface area contributed by atoms with Crippen LogP contribution in [-0.4, -0.2) is 163 Å². The Bertz CT molecular complexity index is 1620. The van der Waals surface area contributed by atoms with E-state index in [1.165, 1.54) is 0 Å². The molecule has 438 valence electrons. The van der Waals surface area contributed by atoms with Crippen LogP contribution < -0.4 is 16.4 Å². The van der Waals surface area contributed by atoms with Crippen molar-refractivity contribution in [2.45, 2.75) is 125 Å². The SMILES string of the molecule is CCO[Si](CCCN)(OCC)OCC.CCO[Si](CCCNC(=O)C1CC(C(=O)O)C(C(=O)NCCC[Si](OCC)(OCC)OCC)CC1C(=O)O)(OCC)OCC.O=C1OC(=O)C2CC3C(=O)OC(=O)C3CC12.[3H][CH2-].[U]. The first-order valence-electron chi connectivity index (χ1n) is 27.0. The molecule has 4 fully saturated rings. The van der Waals surface area contributed by atoms with Crippen LogP contribution in [0.25, 0.3) is 0 Å². The zero-order chi connectivity index (χ0) is 57.5. The van der Waals surface area contributed by atoms with Crippen molar-refractivity contribution in [3.8, 4) is 0 Å². The number of carbonyl (C=O) groups is 8. The first kappa shape index (κ1) is 71.5. The van der Waals surface area contributed by atoms with Crippen LogP contribution in [-0.2, 0) is 87.7 Å². The molecule has 2 saturated carbocycles. The molecule has 76 heavy (non-hydrogen) atoms. The van der Waals surface area contributed by atoms with Gasteiger partial charge in [-0.1, -0.05) is 0 Å². The average molecular weight is 1370 g/mol. The van der Waals surface area contributed by atoms with Gasteiger partial charge < -0.3 is 83.3 Å². The van der Waals surface area contributed by atoms with Gasteiger partial charge in [0.15, 0.2) is 0 Å². The third kappa shape index (κ3) is 22.2. The van der Waals surface area contributed by atoms with Gasteiger partial charge in [-0.05, 0) is 114 Å². The van der Waals surface area contributed by atoms with Crippen LogP contribution in [0, 0.1) is 85.9 Å². The number of ether oxygens (including phenoxy) is 2. The maximum atomic E-state index is 13.1. The molecule has 8 unspecified atom stereocenters. The first-order valence-corrected chi connectivity index (χ1v) is 32.1. The van der Waals surface area contributed by atoms with Gasteiger partial charge in [0.2, 0.25) is 11.8 Å². The smallest absolute Gasteiger partial charge is 0.481 e. The fourth-order valence-electron chi connectivity index (χ4n) is 9.69. The van der Waals surface area contributed by atoms with Crippen LogP contribution in [0.15, 0.2) is 0 Å². The van der Waals surface area contributed by atoms with E-state index < -0.39 is 121 Å². The number of fused-ring (bicyclic) bond motifs is 2. The molecule has 0 aromatic carbocycles. The largest absolute Gasteiger partial charge is 0.500 e. The van der Waals surface area contributed by atoms with E-state index in [4.69, 9.17) is 46.9 Å². The Hall–Kier alpha value is -2.54. The number of carboxylic acids is 2. The Morgan fingerprint density at radius 2 is 0.724 bits per heavy atom. The van der Waals surface area contributed by atoms with E-state index in [0.29, 0.717) is 90.9 Å². The zero-order valence-corrected chi connectivity index (χ0v) is 53.3. The number of cyclic esters (lactones) is 4. The summed E-state index contributed by atoms with van der Waals surface area (Å²) in [4.78, 5) is 96.0. The van der Waals surface area contributed by atoms with E-state index in [-0.39, 0.29) is 69.9 Å². The third-order valence-electron chi connectivity index (χ3n) is 12.8. The second kappa shape index (κ2) is 38.2. The number of carboxylic acid groups (broad SMARTS) is 2. The van der Waals surface area contributed by atoms with E-state index in [9.17, 15) is 48.6 Å². The van der Waals surface area contributed by atoms with Crippen LogP contribution in [0.2, 0.25) is 18.1 Å². The second-order valence-corrected chi connectivity index (χ2v) is 25.8.